The summed E-state index contributed by atoms with van der Waals surface area (Å²) in [7, 11) is 0. The lowest BCUT2D eigenvalue weighted by molar-refractivity contribution is -0.123. The van der Waals surface area contributed by atoms with Crippen LogP contribution in [0.25, 0.3) is 0 Å². The van der Waals surface area contributed by atoms with E-state index in [1.54, 1.807) is 6.08 Å². The molecule has 2 unspecified atom stereocenters. The number of allylic oxidation sites excluding steroid dienone is 9. The van der Waals surface area contributed by atoms with E-state index >= 15 is 0 Å². The fraction of sp³-hybridized carbons (Fsp3) is 0.776. The topological polar surface area (TPSA) is 69.6 Å². The van der Waals surface area contributed by atoms with Gasteiger partial charge < -0.3 is 15.5 Å². The van der Waals surface area contributed by atoms with E-state index in [-0.39, 0.29) is 12.5 Å². The highest BCUT2D eigenvalue weighted by Gasteiger charge is 2.17. The van der Waals surface area contributed by atoms with Crippen LogP contribution in [0.2, 0.25) is 0 Å². The second kappa shape index (κ2) is 44.5. The van der Waals surface area contributed by atoms with Crippen LogP contribution in [0.15, 0.2) is 60.8 Å². The monoisotopic (exact) mass is 740 g/mol. The molecule has 0 aromatic rings. The third-order valence-corrected chi connectivity index (χ3v) is 10.3. The van der Waals surface area contributed by atoms with Gasteiger partial charge >= 0.3 is 0 Å². The van der Waals surface area contributed by atoms with Gasteiger partial charge in [0.15, 0.2) is 0 Å². The molecule has 0 aromatic carbocycles. The number of carbonyl (C=O) groups is 1. The van der Waals surface area contributed by atoms with Crippen molar-refractivity contribution in [1.29, 1.82) is 0 Å². The van der Waals surface area contributed by atoms with E-state index in [1.165, 1.54) is 154 Å². The van der Waals surface area contributed by atoms with Crippen molar-refractivity contribution in [3.8, 4) is 0 Å². The Morgan fingerprint density at radius 2 is 0.830 bits per heavy atom. The lowest BCUT2D eigenvalue weighted by Gasteiger charge is -2.20. The lowest BCUT2D eigenvalue weighted by Crippen LogP contribution is -2.45. The molecule has 4 heteroatoms. The van der Waals surface area contributed by atoms with E-state index in [0.717, 1.165) is 51.4 Å². The molecule has 0 saturated heterocycles. The van der Waals surface area contributed by atoms with Crippen LogP contribution in [0.4, 0.5) is 0 Å². The van der Waals surface area contributed by atoms with Crippen molar-refractivity contribution >= 4 is 5.91 Å². The molecule has 0 aromatic heterocycles. The lowest BCUT2D eigenvalue weighted by atomic mass is 10.0. The molecule has 1 amide bonds. The molecule has 53 heavy (non-hydrogen) atoms. The average Bonchev–Trinajstić information content (AvgIpc) is 3.16. The number of aliphatic hydroxyl groups is 2. The summed E-state index contributed by atoms with van der Waals surface area (Å²) in [6.45, 7) is 4.20. The predicted octanol–water partition coefficient (Wildman–Crippen LogP) is 14.5. The molecular weight excluding hydrogens is 651 g/mol. The quantitative estimate of drug-likeness (QED) is 0.0432. The van der Waals surface area contributed by atoms with Crippen LogP contribution in [-0.4, -0.2) is 34.9 Å². The van der Waals surface area contributed by atoms with Crippen molar-refractivity contribution in [2.45, 2.75) is 238 Å². The molecule has 4 nitrogen and oxygen atoms in total. The van der Waals surface area contributed by atoms with Crippen LogP contribution in [0.3, 0.4) is 0 Å². The summed E-state index contributed by atoms with van der Waals surface area (Å²) in [5.41, 5.74) is 0. The van der Waals surface area contributed by atoms with Gasteiger partial charge in [-0.3, -0.25) is 4.79 Å². The van der Waals surface area contributed by atoms with E-state index in [9.17, 15) is 15.0 Å². The highest BCUT2D eigenvalue weighted by molar-refractivity contribution is 5.76. The third-order valence-electron chi connectivity index (χ3n) is 10.3. The first-order valence-corrected chi connectivity index (χ1v) is 23.0. The largest absolute Gasteiger partial charge is 0.394 e. The standard InChI is InChI=1S/C49H89NO3/c1-3-5-7-9-11-13-15-17-19-21-23-24-25-26-27-29-31-33-35-37-39-41-43-45-49(53)50-47(46-51)48(52)44-42-40-38-36-34-32-30-28-22-20-18-16-14-12-10-8-6-4-2/h5,7,11,13,17,19,23-24,42,44,47-48,51-52H,3-4,6,8-10,12,14-16,18,20-22,25-41,43,45-46H2,1-2H3,(H,50,53)/b7-5-,13-11-,19-17-,24-23-,44-42+. The number of hydrogen-bond donors (Lipinski definition) is 3. The van der Waals surface area contributed by atoms with Crippen molar-refractivity contribution in [3.05, 3.63) is 60.8 Å². The van der Waals surface area contributed by atoms with Crippen LogP contribution < -0.4 is 5.32 Å². The molecule has 2 atom stereocenters. The van der Waals surface area contributed by atoms with E-state index in [2.05, 4.69) is 67.8 Å². The van der Waals surface area contributed by atoms with Crippen LogP contribution in [0.5, 0.6) is 0 Å². The minimum absolute atomic E-state index is 0.0698. The first kappa shape index (κ1) is 51.1. The molecule has 0 saturated carbocycles. The maximum atomic E-state index is 12.4. The second-order valence-corrected chi connectivity index (χ2v) is 15.4. The number of hydrogen-bond acceptors (Lipinski definition) is 3. The maximum absolute atomic E-state index is 12.4. The number of carbonyl (C=O) groups excluding carboxylic acids is 1. The number of rotatable bonds is 41. The Bertz CT molecular complexity index is 888. The first-order chi connectivity index (χ1) is 26.2. The summed E-state index contributed by atoms with van der Waals surface area (Å²) in [5.74, 6) is -0.0698. The first-order valence-electron chi connectivity index (χ1n) is 23.0. The Morgan fingerprint density at radius 1 is 0.472 bits per heavy atom. The Labute approximate surface area is 330 Å². The Hall–Kier alpha value is -1.91. The van der Waals surface area contributed by atoms with Crippen LogP contribution in [0, 0.1) is 0 Å². The van der Waals surface area contributed by atoms with Gasteiger partial charge in [0.1, 0.15) is 0 Å². The summed E-state index contributed by atoms with van der Waals surface area (Å²) in [6.07, 6.45) is 61.9. The zero-order valence-electron chi connectivity index (χ0n) is 35.3. The van der Waals surface area contributed by atoms with Gasteiger partial charge in [0.05, 0.1) is 18.8 Å². The summed E-state index contributed by atoms with van der Waals surface area (Å²) in [6, 6.07) is -0.626. The Morgan fingerprint density at radius 3 is 1.25 bits per heavy atom. The van der Waals surface area contributed by atoms with Gasteiger partial charge in [0.2, 0.25) is 5.91 Å². The molecule has 0 radical (unpaired) electrons. The highest BCUT2D eigenvalue weighted by atomic mass is 16.3. The molecule has 0 rings (SSSR count). The average molecular weight is 740 g/mol. The summed E-state index contributed by atoms with van der Waals surface area (Å²) >= 11 is 0. The van der Waals surface area contributed by atoms with E-state index in [4.69, 9.17) is 0 Å². The zero-order chi connectivity index (χ0) is 38.6. The van der Waals surface area contributed by atoms with Gasteiger partial charge in [-0.2, -0.15) is 0 Å². The molecule has 0 spiro atoms. The minimum atomic E-state index is -0.843. The smallest absolute Gasteiger partial charge is 0.220 e. The molecule has 0 heterocycles. The molecule has 0 fully saturated rings. The molecule has 3 N–H and O–H groups in total. The minimum Gasteiger partial charge on any atom is -0.394 e. The third kappa shape index (κ3) is 41.1. The molecule has 0 aliphatic carbocycles. The van der Waals surface area contributed by atoms with E-state index < -0.39 is 12.1 Å². The predicted molar refractivity (Wildman–Crippen MR) is 234 cm³/mol. The molecule has 0 bridgehead atoms. The highest BCUT2D eigenvalue weighted by Crippen LogP contribution is 2.15. The number of aliphatic hydroxyl groups excluding tert-OH is 2. The maximum Gasteiger partial charge on any atom is 0.220 e. The Balaban J connectivity index is 3.58. The zero-order valence-corrected chi connectivity index (χ0v) is 35.3. The fourth-order valence-electron chi connectivity index (χ4n) is 6.76. The Kier molecular flexibility index (Phi) is 42.9. The van der Waals surface area contributed by atoms with Crippen LogP contribution >= 0.6 is 0 Å². The van der Waals surface area contributed by atoms with Gasteiger partial charge in [-0.15, -0.1) is 0 Å². The summed E-state index contributed by atoms with van der Waals surface area (Å²) < 4.78 is 0. The van der Waals surface area contributed by atoms with Crippen molar-refractivity contribution in [3.63, 3.8) is 0 Å². The van der Waals surface area contributed by atoms with E-state index in [0.29, 0.717) is 6.42 Å². The van der Waals surface area contributed by atoms with Crippen LogP contribution in [0.1, 0.15) is 226 Å². The molecule has 308 valence electrons. The normalized spacial score (nSPS) is 13.5. The van der Waals surface area contributed by atoms with Gasteiger partial charge in [-0.1, -0.05) is 222 Å². The molecule has 0 aliphatic heterocycles. The molecule has 0 aliphatic rings. The number of unbranched alkanes of at least 4 members (excludes halogenated alkanes) is 26. The SMILES string of the molecule is CC/C=C\C/C=C\C/C=C\C/C=C\CCCCCCCCCCCCC(=O)NC(CO)C(O)/C=C/CCCCCCCCCCCCCCCCCC. The number of nitrogens with one attached hydrogen (secondary N) is 1. The van der Waals surface area contributed by atoms with Crippen molar-refractivity contribution in [2.24, 2.45) is 0 Å². The van der Waals surface area contributed by atoms with E-state index in [1.807, 2.05) is 6.08 Å². The van der Waals surface area contributed by atoms with Crippen molar-refractivity contribution in [2.75, 3.05) is 6.61 Å². The van der Waals surface area contributed by atoms with Gasteiger partial charge in [-0.25, -0.2) is 0 Å². The summed E-state index contributed by atoms with van der Waals surface area (Å²) in [5, 5.41) is 23.1. The number of amides is 1. The van der Waals surface area contributed by atoms with Gasteiger partial charge in [0.25, 0.3) is 0 Å². The van der Waals surface area contributed by atoms with Crippen molar-refractivity contribution < 1.29 is 15.0 Å². The van der Waals surface area contributed by atoms with Gasteiger partial charge in [-0.05, 0) is 57.8 Å². The molecular formula is C49H89NO3. The van der Waals surface area contributed by atoms with Crippen molar-refractivity contribution in [1.82, 2.24) is 5.32 Å². The fourth-order valence-corrected chi connectivity index (χ4v) is 6.76. The van der Waals surface area contributed by atoms with Gasteiger partial charge in [0, 0.05) is 6.42 Å². The summed E-state index contributed by atoms with van der Waals surface area (Å²) in [4.78, 5) is 12.4. The second-order valence-electron chi connectivity index (χ2n) is 15.4. The van der Waals surface area contributed by atoms with Crippen LogP contribution in [-0.2, 0) is 4.79 Å².